The molecular formula is C32H31NO3. The minimum Gasteiger partial charge on any atom is -0.493 e. The van der Waals surface area contributed by atoms with E-state index in [0.717, 1.165) is 61.7 Å². The minimum absolute atomic E-state index is 0.0267. The summed E-state index contributed by atoms with van der Waals surface area (Å²) in [6.45, 7) is 12.1. The number of pyridine rings is 1. The predicted molar refractivity (Wildman–Crippen MR) is 145 cm³/mol. The molecule has 0 saturated carbocycles. The maximum atomic E-state index is 13.1. The molecule has 1 unspecified atom stereocenters. The highest BCUT2D eigenvalue weighted by atomic mass is 16.5. The van der Waals surface area contributed by atoms with Crippen molar-refractivity contribution in [3.05, 3.63) is 70.9 Å². The van der Waals surface area contributed by atoms with Gasteiger partial charge in [0.25, 0.3) is 0 Å². The number of hydrogen-bond acceptors (Lipinski definition) is 4. The van der Waals surface area contributed by atoms with Gasteiger partial charge in [0.1, 0.15) is 11.9 Å². The molecule has 0 bridgehead atoms. The van der Waals surface area contributed by atoms with Gasteiger partial charge in [-0.25, -0.2) is 0 Å². The zero-order valence-corrected chi connectivity index (χ0v) is 21.8. The van der Waals surface area contributed by atoms with Gasteiger partial charge in [0.2, 0.25) is 0 Å². The molecule has 1 aliphatic rings. The molecule has 4 nitrogen and oxygen atoms in total. The van der Waals surface area contributed by atoms with Crippen LogP contribution in [0.1, 0.15) is 63.0 Å². The Labute approximate surface area is 212 Å². The van der Waals surface area contributed by atoms with Crippen molar-refractivity contribution in [2.75, 3.05) is 6.61 Å². The van der Waals surface area contributed by atoms with Crippen molar-refractivity contribution in [1.29, 1.82) is 0 Å². The Hall–Kier alpha value is -3.68. The van der Waals surface area contributed by atoms with Crippen LogP contribution in [0.15, 0.2) is 48.7 Å². The fraction of sp³-hybridized carbons (Fsp3) is 0.312. The number of Topliss-reactive ketones (excluding diaryl/α,β-unsaturated/α-hetero) is 1. The number of rotatable bonds is 4. The number of carbonyl (C=O) groups excluding carboxylic acids is 1. The Morgan fingerprint density at radius 3 is 2.67 bits per heavy atom. The summed E-state index contributed by atoms with van der Waals surface area (Å²) in [5.74, 6) is 6.99. The molecule has 2 heterocycles. The lowest BCUT2D eigenvalue weighted by molar-refractivity contribution is -0.138. The average molecular weight is 478 g/mol. The van der Waals surface area contributed by atoms with Crippen LogP contribution in [0.4, 0.5) is 0 Å². The van der Waals surface area contributed by atoms with Crippen LogP contribution in [0.25, 0.3) is 32.8 Å². The molecule has 4 heteroatoms. The normalized spacial score (nSPS) is 13.7. The number of fused-ring (bicyclic) bond motifs is 1. The third-order valence-electron chi connectivity index (χ3n) is 6.60. The first-order valence-electron chi connectivity index (χ1n) is 12.4. The van der Waals surface area contributed by atoms with E-state index in [9.17, 15) is 4.79 Å². The van der Waals surface area contributed by atoms with E-state index in [1.54, 1.807) is 6.92 Å². The number of ether oxygens (including phenoxy) is 2. The van der Waals surface area contributed by atoms with Crippen molar-refractivity contribution in [2.45, 2.75) is 59.7 Å². The minimum atomic E-state index is -0.707. The topological polar surface area (TPSA) is 48.4 Å². The molecule has 3 aromatic carbocycles. The van der Waals surface area contributed by atoms with E-state index in [-0.39, 0.29) is 5.78 Å². The van der Waals surface area contributed by atoms with Crippen LogP contribution < -0.4 is 4.74 Å². The second-order valence-electron chi connectivity index (χ2n) is 10.4. The summed E-state index contributed by atoms with van der Waals surface area (Å²) < 4.78 is 12.4. The molecule has 5 rings (SSSR count). The highest BCUT2D eigenvalue weighted by molar-refractivity contribution is 6.09. The molecule has 1 aliphatic heterocycles. The van der Waals surface area contributed by atoms with Crippen LogP contribution in [-0.2, 0) is 16.0 Å². The molecule has 0 fully saturated rings. The van der Waals surface area contributed by atoms with E-state index in [1.807, 2.05) is 46.0 Å². The number of nitrogens with zero attached hydrogens (tertiary/aromatic N) is 1. The van der Waals surface area contributed by atoms with Gasteiger partial charge < -0.3 is 9.47 Å². The zero-order chi connectivity index (χ0) is 25.6. The highest BCUT2D eigenvalue weighted by Crippen LogP contribution is 2.45. The Bertz CT molecular complexity index is 1570. The largest absolute Gasteiger partial charge is 0.493 e. The van der Waals surface area contributed by atoms with Crippen LogP contribution in [0, 0.1) is 18.8 Å². The van der Waals surface area contributed by atoms with Gasteiger partial charge in [-0.2, -0.15) is 0 Å². The molecule has 182 valence electrons. The van der Waals surface area contributed by atoms with Crippen LogP contribution >= 0.6 is 0 Å². The van der Waals surface area contributed by atoms with Crippen LogP contribution in [-0.4, -0.2) is 23.0 Å². The number of aromatic nitrogens is 1. The van der Waals surface area contributed by atoms with Crippen molar-refractivity contribution in [1.82, 2.24) is 4.98 Å². The second kappa shape index (κ2) is 9.08. The van der Waals surface area contributed by atoms with E-state index < -0.39 is 11.7 Å². The molecule has 0 saturated heterocycles. The summed E-state index contributed by atoms with van der Waals surface area (Å²) in [5, 5.41) is 3.16. The van der Waals surface area contributed by atoms with Gasteiger partial charge in [0.05, 0.1) is 17.7 Å². The molecule has 36 heavy (non-hydrogen) atoms. The Kier molecular flexibility index (Phi) is 6.06. The van der Waals surface area contributed by atoms with Crippen LogP contribution in [0.3, 0.4) is 0 Å². The fourth-order valence-corrected chi connectivity index (χ4v) is 5.22. The molecule has 1 aromatic heterocycles. The first-order valence-corrected chi connectivity index (χ1v) is 12.4. The zero-order valence-electron chi connectivity index (χ0n) is 21.8. The summed E-state index contributed by atoms with van der Waals surface area (Å²) in [6, 6.07) is 14.6. The quantitative estimate of drug-likeness (QED) is 0.294. The molecule has 0 aliphatic carbocycles. The second-order valence-corrected chi connectivity index (χ2v) is 10.4. The van der Waals surface area contributed by atoms with Gasteiger partial charge >= 0.3 is 0 Å². The summed E-state index contributed by atoms with van der Waals surface area (Å²) in [5.41, 5.74) is 6.42. The smallest absolute Gasteiger partial charge is 0.163 e. The fourth-order valence-electron chi connectivity index (χ4n) is 5.22. The van der Waals surface area contributed by atoms with Crippen molar-refractivity contribution < 1.29 is 14.3 Å². The van der Waals surface area contributed by atoms with Gasteiger partial charge in [-0.3, -0.25) is 9.78 Å². The Morgan fingerprint density at radius 2 is 1.94 bits per heavy atom. The average Bonchev–Trinajstić information content (AvgIpc) is 2.82. The first-order chi connectivity index (χ1) is 17.2. The maximum absolute atomic E-state index is 13.1. The summed E-state index contributed by atoms with van der Waals surface area (Å²) in [4.78, 5) is 17.9. The molecule has 0 N–H and O–H groups in total. The molecule has 1 atom stereocenters. The molecular weight excluding hydrogens is 446 g/mol. The third kappa shape index (κ3) is 4.25. The van der Waals surface area contributed by atoms with Crippen molar-refractivity contribution in [2.24, 2.45) is 0 Å². The molecule has 0 spiro atoms. The van der Waals surface area contributed by atoms with Gasteiger partial charge in [-0.1, -0.05) is 18.1 Å². The predicted octanol–water partition coefficient (Wildman–Crippen LogP) is 7.11. The summed E-state index contributed by atoms with van der Waals surface area (Å²) >= 11 is 0. The SMILES string of the molecule is CC#Cc1ccc2c(-c3ccc4c5c(ccnc35)CCO4)c(C(OC(C)(C)C)C(C)=O)c(C)cc2c1. The van der Waals surface area contributed by atoms with E-state index >= 15 is 0 Å². The number of hydrogen-bond donors (Lipinski definition) is 0. The van der Waals surface area contributed by atoms with Crippen molar-refractivity contribution in [3.63, 3.8) is 0 Å². The van der Waals surface area contributed by atoms with E-state index in [4.69, 9.17) is 14.5 Å². The third-order valence-corrected chi connectivity index (χ3v) is 6.60. The number of ketones is 1. The van der Waals surface area contributed by atoms with Crippen molar-refractivity contribution in [3.8, 4) is 28.7 Å². The summed E-state index contributed by atoms with van der Waals surface area (Å²) in [6.07, 6.45) is 2.01. The maximum Gasteiger partial charge on any atom is 0.163 e. The lowest BCUT2D eigenvalue weighted by Crippen LogP contribution is -2.27. The van der Waals surface area contributed by atoms with Gasteiger partial charge in [-0.15, -0.1) is 5.92 Å². The lowest BCUT2D eigenvalue weighted by atomic mass is 9.84. The molecule has 4 aromatic rings. The lowest BCUT2D eigenvalue weighted by Gasteiger charge is -2.30. The van der Waals surface area contributed by atoms with Gasteiger partial charge in [0, 0.05) is 29.1 Å². The van der Waals surface area contributed by atoms with Crippen molar-refractivity contribution >= 4 is 27.5 Å². The van der Waals surface area contributed by atoms with Crippen LogP contribution in [0.5, 0.6) is 5.75 Å². The van der Waals surface area contributed by atoms with Crippen LogP contribution in [0.2, 0.25) is 0 Å². The molecule has 0 radical (unpaired) electrons. The standard InChI is InChI=1S/C32H31NO3/c1-7-8-21-9-10-24-23(18-21)17-19(2)27(31(20(3)34)36-32(4,5)6)29(24)25-11-12-26-28-22(14-16-35-26)13-15-33-30(25)28/h9-13,15,17-18,31H,14,16H2,1-6H3. The number of carbonyl (C=O) groups is 1. The summed E-state index contributed by atoms with van der Waals surface area (Å²) in [7, 11) is 0. The first kappa shape index (κ1) is 24.0. The number of aryl methyl sites for hydroxylation is 1. The number of benzene rings is 3. The van der Waals surface area contributed by atoms with E-state index in [2.05, 4.69) is 49.1 Å². The molecule has 0 amide bonds. The van der Waals surface area contributed by atoms with Gasteiger partial charge in [-0.05, 0) is 105 Å². The van der Waals surface area contributed by atoms with E-state index in [1.165, 1.54) is 5.56 Å². The Balaban J connectivity index is 1.91. The Morgan fingerprint density at radius 1 is 1.14 bits per heavy atom. The van der Waals surface area contributed by atoms with E-state index in [0.29, 0.717) is 6.61 Å². The highest BCUT2D eigenvalue weighted by Gasteiger charge is 2.30. The monoisotopic (exact) mass is 477 g/mol. The van der Waals surface area contributed by atoms with Gasteiger partial charge in [0.15, 0.2) is 5.78 Å².